The van der Waals surface area contributed by atoms with E-state index in [0.717, 1.165) is 38.7 Å². The molecule has 1 aliphatic heterocycles. The quantitative estimate of drug-likeness (QED) is 0.375. The zero-order valence-corrected chi connectivity index (χ0v) is 18.6. The highest BCUT2D eigenvalue weighted by Crippen LogP contribution is 2.34. The third-order valence-corrected chi connectivity index (χ3v) is 6.34. The van der Waals surface area contributed by atoms with Gasteiger partial charge in [0, 0.05) is 39.3 Å². The summed E-state index contributed by atoms with van der Waals surface area (Å²) < 4.78 is 6.58. The predicted octanol–water partition coefficient (Wildman–Crippen LogP) is 5.21. The average Bonchev–Trinajstić information content (AvgIpc) is 3.22. The van der Waals surface area contributed by atoms with E-state index in [1.807, 2.05) is 41.1 Å². The van der Waals surface area contributed by atoms with E-state index >= 15 is 0 Å². The molecule has 0 aliphatic carbocycles. The number of ether oxygens (including phenoxy) is 1. The first kappa shape index (κ1) is 21.5. The van der Waals surface area contributed by atoms with Crippen molar-refractivity contribution in [2.75, 3.05) is 13.7 Å². The highest BCUT2D eigenvalue weighted by molar-refractivity contribution is 8.18. The zero-order valence-electron chi connectivity index (χ0n) is 16.3. The van der Waals surface area contributed by atoms with Crippen LogP contribution in [0.15, 0.2) is 53.6 Å². The summed E-state index contributed by atoms with van der Waals surface area (Å²) in [5.41, 5.74) is 2.63. The number of rotatable bonds is 5. The van der Waals surface area contributed by atoms with Crippen molar-refractivity contribution in [2.24, 2.45) is 0 Å². The fourth-order valence-corrected chi connectivity index (χ4v) is 4.62. The van der Waals surface area contributed by atoms with Gasteiger partial charge in [-0.2, -0.15) is 0 Å². The normalized spacial score (nSPS) is 15.3. The summed E-state index contributed by atoms with van der Waals surface area (Å²) in [6.45, 7) is 0.101. The second kappa shape index (κ2) is 8.78. The van der Waals surface area contributed by atoms with Gasteiger partial charge in [0.25, 0.3) is 11.1 Å². The maximum atomic E-state index is 12.7. The molecule has 6 nitrogen and oxygen atoms in total. The predicted molar refractivity (Wildman–Crippen MR) is 122 cm³/mol. The lowest BCUT2D eigenvalue weighted by molar-refractivity contribution is -0.143. The Morgan fingerprint density at radius 3 is 2.68 bits per heavy atom. The number of halogens is 2. The summed E-state index contributed by atoms with van der Waals surface area (Å²) >= 11 is 13.1. The van der Waals surface area contributed by atoms with E-state index in [9.17, 15) is 14.4 Å². The molecule has 0 unspecified atom stereocenters. The number of amides is 2. The number of thioether (sulfide) groups is 1. The first-order valence-electron chi connectivity index (χ1n) is 9.21. The van der Waals surface area contributed by atoms with Crippen LogP contribution in [0.5, 0.6) is 0 Å². The van der Waals surface area contributed by atoms with Crippen molar-refractivity contribution in [2.45, 2.75) is 6.54 Å². The highest BCUT2D eigenvalue weighted by atomic mass is 35.5. The van der Waals surface area contributed by atoms with E-state index in [1.54, 1.807) is 18.2 Å². The van der Waals surface area contributed by atoms with Crippen LogP contribution in [0.4, 0.5) is 4.79 Å². The van der Waals surface area contributed by atoms with Crippen molar-refractivity contribution in [1.82, 2.24) is 9.47 Å². The van der Waals surface area contributed by atoms with E-state index in [0.29, 0.717) is 16.6 Å². The molecule has 2 aromatic carbocycles. The molecule has 0 atom stereocenters. The Bertz CT molecular complexity index is 1250. The van der Waals surface area contributed by atoms with Gasteiger partial charge < -0.3 is 9.30 Å². The fraction of sp³-hybridized carbons (Fsp3) is 0.136. The number of benzene rings is 2. The molecule has 0 radical (unpaired) electrons. The summed E-state index contributed by atoms with van der Waals surface area (Å²) in [6.07, 6.45) is 3.58. The number of imide groups is 1. The second-order valence-corrected chi connectivity index (χ2v) is 8.65. The molecule has 2 heterocycles. The first-order valence-corrected chi connectivity index (χ1v) is 10.8. The first-order chi connectivity index (χ1) is 14.9. The molecule has 1 aromatic heterocycles. The molecule has 4 rings (SSSR count). The summed E-state index contributed by atoms with van der Waals surface area (Å²) in [4.78, 5) is 37.5. The van der Waals surface area contributed by atoms with Crippen LogP contribution in [0, 0.1) is 0 Å². The lowest BCUT2D eigenvalue weighted by atomic mass is 10.1. The molecule has 1 saturated heterocycles. The summed E-state index contributed by atoms with van der Waals surface area (Å²) in [5.74, 6) is -1.17. The molecule has 1 fully saturated rings. The van der Waals surface area contributed by atoms with E-state index in [1.165, 1.54) is 7.11 Å². The smallest absolute Gasteiger partial charge is 0.325 e. The molecule has 158 valence electrons. The number of carbonyl (C=O) groups excluding carboxylic acids is 3. The van der Waals surface area contributed by atoms with Gasteiger partial charge >= 0.3 is 5.97 Å². The Morgan fingerprint density at radius 2 is 1.94 bits per heavy atom. The lowest BCUT2D eigenvalue weighted by Crippen LogP contribution is -2.34. The van der Waals surface area contributed by atoms with Gasteiger partial charge in [0.05, 0.1) is 12.0 Å². The van der Waals surface area contributed by atoms with Crippen molar-refractivity contribution in [3.63, 3.8) is 0 Å². The summed E-state index contributed by atoms with van der Waals surface area (Å²) in [7, 11) is 1.21. The minimum atomic E-state index is -0.653. The van der Waals surface area contributed by atoms with Crippen molar-refractivity contribution < 1.29 is 19.1 Å². The van der Waals surface area contributed by atoms with Crippen LogP contribution in [0.3, 0.4) is 0 Å². The van der Waals surface area contributed by atoms with Crippen LogP contribution in [-0.4, -0.2) is 40.2 Å². The Kier molecular flexibility index (Phi) is 6.09. The number of hydrogen-bond donors (Lipinski definition) is 0. The Hall–Kier alpha value is -2.74. The van der Waals surface area contributed by atoms with E-state index in [2.05, 4.69) is 4.74 Å². The molecular formula is C22H16Cl2N2O4S. The molecule has 31 heavy (non-hydrogen) atoms. The largest absolute Gasteiger partial charge is 0.468 e. The Labute approximate surface area is 192 Å². The molecule has 3 aromatic rings. The van der Waals surface area contributed by atoms with Crippen LogP contribution in [0.2, 0.25) is 10.0 Å². The molecule has 2 amide bonds. The van der Waals surface area contributed by atoms with Gasteiger partial charge in [0.1, 0.15) is 6.54 Å². The number of fused-ring (bicyclic) bond motifs is 1. The monoisotopic (exact) mass is 474 g/mol. The molecule has 1 aliphatic rings. The maximum Gasteiger partial charge on any atom is 0.325 e. The lowest BCUT2D eigenvalue weighted by Gasteiger charge is -2.09. The molecule has 0 N–H and O–H groups in total. The van der Waals surface area contributed by atoms with Crippen LogP contribution in [0.25, 0.3) is 17.0 Å². The number of nitrogens with zero attached hydrogens (tertiary/aromatic N) is 2. The fourth-order valence-electron chi connectivity index (χ4n) is 3.33. The molecule has 0 bridgehead atoms. The number of para-hydroxylation sites is 1. The van der Waals surface area contributed by atoms with Crippen molar-refractivity contribution in [3.05, 3.63) is 74.7 Å². The zero-order chi connectivity index (χ0) is 22.1. The van der Waals surface area contributed by atoms with Gasteiger partial charge in [-0.05, 0) is 41.6 Å². The Morgan fingerprint density at radius 1 is 1.16 bits per heavy atom. The summed E-state index contributed by atoms with van der Waals surface area (Å²) in [5, 5.41) is 1.55. The van der Waals surface area contributed by atoms with Crippen molar-refractivity contribution in [3.8, 4) is 0 Å². The number of esters is 1. The van der Waals surface area contributed by atoms with E-state index in [4.69, 9.17) is 23.2 Å². The topological polar surface area (TPSA) is 68.6 Å². The molecular weight excluding hydrogens is 459 g/mol. The van der Waals surface area contributed by atoms with Gasteiger partial charge in [0.15, 0.2) is 0 Å². The highest BCUT2D eigenvalue weighted by Gasteiger charge is 2.36. The van der Waals surface area contributed by atoms with E-state index in [-0.39, 0.29) is 4.91 Å². The third kappa shape index (κ3) is 4.35. The molecule has 0 saturated carbocycles. The number of carbonyl (C=O) groups is 3. The average molecular weight is 475 g/mol. The Balaban J connectivity index is 1.70. The number of hydrogen-bond acceptors (Lipinski definition) is 5. The maximum absolute atomic E-state index is 12.7. The van der Waals surface area contributed by atoms with Gasteiger partial charge in [-0.15, -0.1) is 0 Å². The van der Waals surface area contributed by atoms with Gasteiger partial charge in [0.2, 0.25) is 0 Å². The van der Waals surface area contributed by atoms with Gasteiger partial charge in [-0.3, -0.25) is 19.3 Å². The van der Waals surface area contributed by atoms with Gasteiger partial charge in [-0.25, -0.2) is 0 Å². The SMILES string of the molecule is COC(=O)CN1C(=O)S/C(=C\c2cn(Cc3ccc(Cl)cc3Cl)c3ccccc23)C1=O. The number of methoxy groups -OCH3 is 1. The third-order valence-electron chi connectivity index (χ3n) is 4.85. The minimum absolute atomic E-state index is 0.251. The molecule has 9 heteroatoms. The standard InChI is InChI=1S/C22H16Cl2N2O4S/c1-30-20(27)12-26-21(28)19(31-22(26)29)8-14-11-25(18-5-3-2-4-16(14)18)10-13-6-7-15(23)9-17(13)24/h2-9,11H,10,12H2,1H3/b19-8-. The second-order valence-electron chi connectivity index (χ2n) is 6.81. The minimum Gasteiger partial charge on any atom is -0.468 e. The van der Waals surface area contributed by atoms with E-state index < -0.39 is 23.7 Å². The van der Waals surface area contributed by atoms with Crippen LogP contribution < -0.4 is 0 Å². The van der Waals surface area contributed by atoms with Crippen molar-refractivity contribution >= 4 is 69.1 Å². The number of aromatic nitrogens is 1. The molecule has 0 spiro atoms. The van der Waals surface area contributed by atoms with Crippen LogP contribution in [-0.2, 0) is 20.9 Å². The van der Waals surface area contributed by atoms with Gasteiger partial charge in [-0.1, -0.05) is 47.5 Å². The van der Waals surface area contributed by atoms with Crippen molar-refractivity contribution in [1.29, 1.82) is 0 Å². The summed E-state index contributed by atoms with van der Waals surface area (Å²) in [6, 6.07) is 13.1. The van der Waals surface area contributed by atoms with Crippen LogP contribution >= 0.6 is 35.0 Å². The van der Waals surface area contributed by atoms with Crippen LogP contribution in [0.1, 0.15) is 11.1 Å².